The summed E-state index contributed by atoms with van der Waals surface area (Å²) in [5.74, 6) is 0.696. The Bertz CT molecular complexity index is 303. The van der Waals surface area contributed by atoms with E-state index in [1.165, 1.54) is 19.3 Å². The standard InChI is InChI=1S/C19H37NO3/c1-4-19(22)20-14-10-6-5-7-11-15-23-16-12-8-9-13-18(21)17(2)3/h17H,4-16H2,1-3H3,(H,20,22). The van der Waals surface area contributed by atoms with Crippen molar-refractivity contribution in [2.45, 2.75) is 85.0 Å². The maximum absolute atomic E-state index is 11.4. The first-order chi connectivity index (χ1) is 11.1. The van der Waals surface area contributed by atoms with Crippen LogP contribution < -0.4 is 5.32 Å². The van der Waals surface area contributed by atoms with Crippen LogP contribution in [0.15, 0.2) is 0 Å². The second-order valence-corrected chi connectivity index (χ2v) is 6.52. The molecule has 136 valence electrons. The predicted octanol–water partition coefficient (Wildman–Crippen LogP) is 4.27. The summed E-state index contributed by atoms with van der Waals surface area (Å²) in [5.41, 5.74) is 0. The molecule has 23 heavy (non-hydrogen) atoms. The van der Waals surface area contributed by atoms with Crippen LogP contribution in [0.2, 0.25) is 0 Å². The fourth-order valence-corrected chi connectivity index (χ4v) is 2.28. The summed E-state index contributed by atoms with van der Waals surface area (Å²) in [7, 11) is 0. The summed E-state index contributed by atoms with van der Waals surface area (Å²) in [4.78, 5) is 22.5. The Morgan fingerprint density at radius 2 is 1.43 bits per heavy atom. The summed E-state index contributed by atoms with van der Waals surface area (Å²) < 4.78 is 5.62. The van der Waals surface area contributed by atoms with Crippen molar-refractivity contribution in [2.24, 2.45) is 5.92 Å². The van der Waals surface area contributed by atoms with E-state index in [1.807, 2.05) is 20.8 Å². The number of carbonyl (C=O) groups excluding carboxylic acids is 2. The van der Waals surface area contributed by atoms with Crippen molar-refractivity contribution in [2.75, 3.05) is 19.8 Å². The van der Waals surface area contributed by atoms with Gasteiger partial charge in [-0.15, -0.1) is 0 Å². The van der Waals surface area contributed by atoms with Gasteiger partial charge in [-0.1, -0.05) is 46.5 Å². The van der Waals surface area contributed by atoms with Gasteiger partial charge in [0.25, 0.3) is 0 Å². The normalized spacial score (nSPS) is 11.0. The number of Topliss-reactive ketones (excluding diaryl/α,β-unsaturated/α-hetero) is 1. The van der Waals surface area contributed by atoms with Crippen molar-refractivity contribution in [1.29, 1.82) is 0 Å². The number of hydrogen-bond donors (Lipinski definition) is 1. The third-order valence-corrected chi connectivity index (χ3v) is 3.96. The molecule has 0 aromatic carbocycles. The second-order valence-electron chi connectivity index (χ2n) is 6.52. The molecular weight excluding hydrogens is 290 g/mol. The number of carbonyl (C=O) groups is 2. The predicted molar refractivity (Wildman–Crippen MR) is 95.5 cm³/mol. The van der Waals surface area contributed by atoms with Crippen molar-refractivity contribution >= 4 is 11.7 Å². The van der Waals surface area contributed by atoms with E-state index in [0.29, 0.717) is 12.2 Å². The Labute approximate surface area is 142 Å². The van der Waals surface area contributed by atoms with Crippen molar-refractivity contribution in [1.82, 2.24) is 5.32 Å². The lowest BCUT2D eigenvalue weighted by molar-refractivity contribution is -0.122. The highest BCUT2D eigenvalue weighted by Crippen LogP contribution is 2.07. The van der Waals surface area contributed by atoms with Crippen LogP contribution >= 0.6 is 0 Å². The molecule has 0 unspecified atom stereocenters. The molecule has 0 radical (unpaired) electrons. The molecule has 0 spiro atoms. The van der Waals surface area contributed by atoms with E-state index in [9.17, 15) is 9.59 Å². The highest BCUT2D eigenvalue weighted by molar-refractivity contribution is 5.80. The van der Waals surface area contributed by atoms with E-state index in [-0.39, 0.29) is 11.8 Å². The average molecular weight is 328 g/mol. The zero-order chi connectivity index (χ0) is 17.3. The van der Waals surface area contributed by atoms with Crippen LogP contribution in [0.1, 0.15) is 85.0 Å². The van der Waals surface area contributed by atoms with Gasteiger partial charge in [0.2, 0.25) is 5.91 Å². The maximum Gasteiger partial charge on any atom is 0.219 e. The van der Waals surface area contributed by atoms with E-state index >= 15 is 0 Å². The third kappa shape index (κ3) is 15.8. The van der Waals surface area contributed by atoms with Crippen LogP contribution in [0.3, 0.4) is 0 Å². The fraction of sp³-hybridized carbons (Fsp3) is 0.895. The maximum atomic E-state index is 11.4. The SMILES string of the molecule is CCC(=O)NCCCCCCCOCCCCCC(=O)C(C)C. The molecule has 0 aromatic rings. The number of amides is 1. The number of nitrogens with one attached hydrogen (secondary N) is 1. The average Bonchev–Trinajstić information content (AvgIpc) is 2.54. The molecule has 0 aliphatic rings. The lowest BCUT2D eigenvalue weighted by atomic mass is 10.0. The molecule has 0 aliphatic carbocycles. The second kappa shape index (κ2) is 16.0. The first kappa shape index (κ1) is 22.1. The molecule has 0 saturated heterocycles. The minimum atomic E-state index is 0.145. The van der Waals surface area contributed by atoms with E-state index < -0.39 is 0 Å². The summed E-state index contributed by atoms with van der Waals surface area (Å²) in [6, 6.07) is 0. The van der Waals surface area contributed by atoms with Gasteiger partial charge in [0.1, 0.15) is 5.78 Å². The molecule has 0 bridgehead atoms. The molecular formula is C19H37NO3. The van der Waals surface area contributed by atoms with E-state index in [0.717, 1.165) is 58.3 Å². The van der Waals surface area contributed by atoms with Crippen LogP contribution in [0, 0.1) is 5.92 Å². The van der Waals surface area contributed by atoms with Gasteiger partial charge < -0.3 is 10.1 Å². The van der Waals surface area contributed by atoms with Gasteiger partial charge in [0.05, 0.1) is 0 Å². The largest absolute Gasteiger partial charge is 0.381 e. The Morgan fingerprint density at radius 3 is 2.04 bits per heavy atom. The molecule has 4 heteroatoms. The van der Waals surface area contributed by atoms with Crippen LogP contribution in [0.5, 0.6) is 0 Å². The number of hydrogen-bond acceptors (Lipinski definition) is 3. The van der Waals surface area contributed by atoms with Gasteiger partial charge in [-0.2, -0.15) is 0 Å². The molecule has 0 aliphatic heterocycles. The molecule has 1 amide bonds. The molecule has 1 N–H and O–H groups in total. The van der Waals surface area contributed by atoms with Gasteiger partial charge in [0, 0.05) is 38.5 Å². The minimum Gasteiger partial charge on any atom is -0.381 e. The van der Waals surface area contributed by atoms with Crippen LogP contribution in [-0.2, 0) is 14.3 Å². The topological polar surface area (TPSA) is 55.4 Å². The zero-order valence-corrected chi connectivity index (χ0v) is 15.5. The van der Waals surface area contributed by atoms with Crippen LogP contribution in [-0.4, -0.2) is 31.4 Å². The lowest BCUT2D eigenvalue weighted by Gasteiger charge is -2.06. The highest BCUT2D eigenvalue weighted by atomic mass is 16.5. The van der Waals surface area contributed by atoms with E-state index in [4.69, 9.17) is 4.74 Å². The molecule has 0 aromatic heterocycles. The monoisotopic (exact) mass is 327 g/mol. The summed E-state index contributed by atoms with van der Waals surface area (Å²) in [6.07, 6.45) is 10.2. The molecule has 0 rings (SSSR count). The molecule has 0 saturated carbocycles. The zero-order valence-electron chi connectivity index (χ0n) is 15.5. The van der Waals surface area contributed by atoms with Gasteiger partial charge in [-0.3, -0.25) is 9.59 Å². The number of ether oxygens (including phenoxy) is 1. The Kier molecular flexibility index (Phi) is 15.4. The first-order valence-electron chi connectivity index (χ1n) is 9.45. The van der Waals surface area contributed by atoms with Gasteiger partial charge in [0.15, 0.2) is 0 Å². The van der Waals surface area contributed by atoms with Gasteiger partial charge >= 0.3 is 0 Å². The van der Waals surface area contributed by atoms with E-state index in [2.05, 4.69) is 5.32 Å². The first-order valence-corrected chi connectivity index (χ1v) is 9.45. The van der Waals surface area contributed by atoms with Crippen molar-refractivity contribution in [3.8, 4) is 0 Å². The number of ketones is 1. The van der Waals surface area contributed by atoms with Gasteiger partial charge in [-0.25, -0.2) is 0 Å². The summed E-state index contributed by atoms with van der Waals surface area (Å²) in [5, 5.41) is 2.90. The number of unbranched alkanes of at least 4 members (excludes halogenated alkanes) is 6. The molecule has 0 atom stereocenters. The van der Waals surface area contributed by atoms with Crippen molar-refractivity contribution < 1.29 is 14.3 Å². The minimum absolute atomic E-state index is 0.145. The molecule has 0 heterocycles. The molecule has 4 nitrogen and oxygen atoms in total. The smallest absolute Gasteiger partial charge is 0.219 e. The van der Waals surface area contributed by atoms with Gasteiger partial charge in [-0.05, 0) is 25.7 Å². The van der Waals surface area contributed by atoms with Crippen LogP contribution in [0.4, 0.5) is 0 Å². The summed E-state index contributed by atoms with van der Waals surface area (Å²) in [6.45, 7) is 8.28. The number of rotatable bonds is 16. The molecule has 0 fully saturated rings. The Balaban J connectivity index is 3.11. The van der Waals surface area contributed by atoms with Crippen molar-refractivity contribution in [3.63, 3.8) is 0 Å². The third-order valence-electron chi connectivity index (χ3n) is 3.96. The Morgan fingerprint density at radius 1 is 0.870 bits per heavy atom. The Hall–Kier alpha value is -0.900. The highest BCUT2D eigenvalue weighted by Gasteiger charge is 2.05. The van der Waals surface area contributed by atoms with E-state index in [1.54, 1.807) is 0 Å². The fourth-order valence-electron chi connectivity index (χ4n) is 2.28. The van der Waals surface area contributed by atoms with Crippen molar-refractivity contribution in [3.05, 3.63) is 0 Å². The van der Waals surface area contributed by atoms with Crippen LogP contribution in [0.25, 0.3) is 0 Å². The lowest BCUT2D eigenvalue weighted by Crippen LogP contribution is -2.23. The summed E-state index contributed by atoms with van der Waals surface area (Å²) >= 11 is 0. The quantitative estimate of drug-likeness (QED) is 0.431.